The fourth-order valence-corrected chi connectivity index (χ4v) is 2.42. The number of rotatable bonds is 4. The van der Waals surface area contributed by atoms with Crippen molar-refractivity contribution in [3.05, 3.63) is 47.8 Å². The molecule has 1 aromatic carbocycles. The monoisotopic (exact) mass is 362 g/mol. The zero-order chi connectivity index (χ0) is 19.0. The van der Waals surface area contributed by atoms with Crippen LogP contribution in [0.4, 0.5) is 8.78 Å². The molecule has 1 atom stereocenters. The van der Waals surface area contributed by atoms with Gasteiger partial charge in [0.15, 0.2) is 5.65 Å². The Labute approximate surface area is 144 Å². The van der Waals surface area contributed by atoms with Crippen LogP contribution >= 0.6 is 0 Å². The van der Waals surface area contributed by atoms with Gasteiger partial charge in [-0.25, -0.2) is 18.3 Å². The molecule has 8 nitrogen and oxygen atoms in total. The first kappa shape index (κ1) is 17.3. The Morgan fingerprint density at radius 2 is 1.85 bits per heavy atom. The summed E-state index contributed by atoms with van der Waals surface area (Å²) in [6.07, 6.45) is 1.09. The third-order valence-corrected chi connectivity index (χ3v) is 3.63. The molecule has 3 N–H and O–H groups in total. The van der Waals surface area contributed by atoms with Crippen LogP contribution in [0.15, 0.2) is 30.6 Å². The number of aromatic nitrogens is 3. The van der Waals surface area contributed by atoms with Crippen molar-refractivity contribution in [2.45, 2.75) is 13.0 Å². The molecule has 0 saturated heterocycles. The van der Waals surface area contributed by atoms with E-state index in [1.54, 1.807) is 0 Å². The van der Waals surface area contributed by atoms with Crippen LogP contribution in [0.25, 0.3) is 16.9 Å². The lowest BCUT2D eigenvalue weighted by Crippen LogP contribution is -2.38. The van der Waals surface area contributed by atoms with Gasteiger partial charge in [0.2, 0.25) is 0 Å². The molecule has 3 rings (SSSR count). The second-order valence-corrected chi connectivity index (χ2v) is 5.48. The van der Waals surface area contributed by atoms with Gasteiger partial charge in [0.05, 0.1) is 5.69 Å². The summed E-state index contributed by atoms with van der Waals surface area (Å²) < 4.78 is 28.1. The van der Waals surface area contributed by atoms with Crippen LogP contribution in [0.2, 0.25) is 0 Å². The first-order valence-corrected chi connectivity index (χ1v) is 7.33. The number of pyridine rings is 1. The highest BCUT2D eigenvalue weighted by Gasteiger charge is 2.24. The van der Waals surface area contributed by atoms with Crippen LogP contribution in [-0.2, 0) is 4.79 Å². The molecule has 0 radical (unpaired) electrons. The first-order chi connectivity index (χ1) is 12.3. The van der Waals surface area contributed by atoms with E-state index in [9.17, 15) is 23.5 Å². The minimum Gasteiger partial charge on any atom is -0.507 e. The second kappa shape index (κ2) is 6.39. The van der Waals surface area contributed by atoms with Crippen molar-refractivity contribution in [3.63, 3.8) is 0 Å². The molecule has 26 heavy (non-hydrogen) atoms. The van der Waals surface area contributed by atoms with Gasteiger partial charge >= 0.3 is 5.97 Å². The van der Waals surface area contributed by atoms with E-state index >= 15 is 0 Å². The highest BCUT2D eigenvalue weighted by Crippen LogP contribution is 2.30. The average Bonchev–Trinajstić information content (AvgIpc) is 3.01. The lowest BCUT2D eigenvalue weighted by Gasteiger charge is -2.13. The molecule has 0 spiro atoms. The molecule has 0 unspecified atom stereocenters. The van der Waals surface area contributed by atoms with Crippen LogP contribution in [0.3, 0.4) is 0 Å². The lowest BCUT2D eigenvalue weighted by molar-refractivity contribution is -0.138. The first-order valence-electron chi connectivity index (χ1n) is 7.33. The van der Waals surface area contributed by atoms with Crippen LogP contribution < -0.4 is 5.32 Å². The molecule has 2 heterocycles. The van der Waals surface area contributed by atoms with Gasteiger partial charge in [-0.15, -0.1) is 0 Å². The van der Waals surface area contributed by atoms with Crippen molar-refractivity contribution in [2.75, 3.05) is 0 Å². The minimum absolute atomic E-state index is 0.0687. The largest absolute Gasteiger partial charge is 0.507 e. The number of hydrogen-bond acceptors (Lipinski definition) is 5. The van der Waals surface area contributed by atoms with E-state index in [2.05, 4.69) is 15.4 Å². The molecule has 0 aliphatic carbocycles. The SMILES string of the molecule is C[C@H](NC(=O)c1c(O)cc(-c2cc(F)cc(F)c2)n2ncnc12)C(=O)O. The fraction of sp³-hybridized carbons (Fsp3) is 0.125. The summed E-state index contributed by atoms with van der Waals surface area (Å²) in [5.74, 6) is -4.34. The number of aromatic hydroxyl groups is 1. The third kappa shape index (κ3) is 3.04. The number of fused-ring (bicyclic) bond motifs is 1. The summed E-state index contributed by atoms with van der Waals surface area (Å²) in [6.45, 7) is 1.25. The van der Waals surface area contributed by atoms with Crippen LogP contribution in [0, 0.1) is 11.6 Å². The third-order valence-electron chi connectivity index (χ3n) is 3.63. The zero-order valence-electron chi connectivity index (χ0n) is 13.3. The maximum absolute atomic E-state index is 13.5. The van der Waals surface area contributed by atoms with Gasteiger partial charge in [0.25, 0.3) is 5.91 Å². The topological polar surface area (TPSA) is 117 Å². The van der Waals surface area contributed by atoms with Gasteiger partial charge in [-0.05, 0) is 19.1 Å². The highest BCUT2D eigenvalue weighted by molar-refractivity contribution is 6.04. The number of carboxylic acid groups (broad SMARTS) is 1. The van der Waals surface area contributed by atoms with E-state index in [1.807, 2.05) is 0 Å². The summed E-state index contributed by atoms with van der Waals surface area (Å²) in [5, 5.41) is 25.2. The summed E-state index contributed by atoms with van der Waals surface area (Å²) in [7, 11) is 0. The minimum atomic E-state index is -1.26. The highest BCUT2D eigenvalue weighted by atomic mass is 19.1. The van der Waals surface area contributed by atoms with Gasteiger partial charge < -0.3 is 15.5 Å². The van der Waals surface area contributed by atoms with Gasteiger partial charge in [-0.1, -0.05) is 0 Å². The molecule has 134 valence electrons. The van der Waals surface area contributed by atoms with Gasteiger partial charge in [-0.2, -0.15) is 5.10 Å². The number of nitrogens with one attached hydrogen (secondary N) is 1. The number of carbonyl (C=O) groups is 2. The molecule has 1 amide bonds. The Morgan fingerprint density at radius 3 is 2.46 bits per heavy atom. The maximum Gasteiger partial charge on any atom is 0.325 e. The number of aliphatic carboxylic acids is 1. The molecule has 0 aliphatic rings. The molecule has 0 bridgehead atoms. The summed E-state index contributed by atoms with van der Waals surface area (Å²) >= 11 is 0. The van der Waals surface area contributed by atoms with Crippen molar-refractivity contribution in [3.8, 4) is 17.0 Å². The summed E-state index contributed by atoms with van der Waals surface area (Å²) in [5.41, 5.74) is -0.244. The molecule has 3 aromatic rings. The molecule has 0 fully saturated rings. The smallest absolute Gasteiger partial charge is 0.325 e. The van der Waals surface area contributed by atoms with E-state index in [1.165, 1.54) is 6.92 Å². The van der Waals surface area contributed by atoms with Crippen LogP contribution in [0.1, 0.15) is 17.3 Å². The predicted octanol–water partition coefficient (Wildman–Crippen LogP) is 1.58. The second-order valence-electron chi connectivity index (χ2n) is 5.48. The Kier molecular flexibility index (Phi) is 4.24. The molecule has 0 saturated carbocycles. The normalized spacial score (nSPS) is 12.1. The zero-order valence-corrected chi connectivity index (χ0v) is 13.3. The molecule has 10 heteroatoms. The van der Waals surface area contributed by atoms with Crippen molar-refractivity contribution in [1.29, 1.82) is 0 Å². The molecular weight excluding hydrogens is 350 g/mol. The number of amides is 1. The van der Waals surface area contributed by atoms with Gasteiger partial charge in [-0.3, -0.25) is 9.59 Å². The fourth-order valence-electron chi connectivity index (χ4n) is 2.42. The van der Waals surface area contributed by atoms with Crippen LogP contribution in [-0.4, -0.2) is 42.7 Å². The molecule has 0 aliphatic heterocycles. The lowest BCUT2D eigenvalue weighted by atomic mass is 10.1. The van der Waals surface area contributed by atoms with E-state index in [4.69, 9.17) is 5.11 Å². The quantitative estimate of drug-likeness (QED) is 0.649. The van der Waals surface area contributed by atoms with Crippen molar-refractivity contribution >= 4 is 17.5 Å². The van der Waals surface area contributed by atoms with Crippen LogP contribution in [0.5, 0.6) is 5.75 Å². The summed E-state index contributed by atoms with van der Waals surface area (Å²) in [6, 6.07) is 2.64. The molecular formula is C16H12F2N4O4. The van der Waals surface area contributed by atoms with E-state index in [0.717, 1.165) is 29.0 Å². The van der Waals surface area contributed by atoms with Crippen molar-refractivity contribution in [2.24, 2.45) is 0 Å². The Bertz CT molecular complexity index is 1010. The molecule has 2 aromatic heterocycles. The van der Waals surface area contributed by atoms with Gasteiger partial charge in [0.1, 0.15) is 35.3 Å². The van der Waals surface area contributed by atoms with E-state index in [0.29, 0.717) is 6.07 Å². The van der Waals surface area contributed by atoms with E-state index in [-0.39, 0.29) is 22.5 Å². The Balaban J connectivity index is 2.15. The van der Waals surface area contributed by atoms with E-state index < -0.39 is 35.3 Å². The van der Waals surface area contributed by atoms with Gasteiger partial charge in [0, 0.05) is 17.7 Å². The Hall–Kier alpha value is -3.56. The predicted molar refractivity (Wildman–Crippen MR) is 84.6 cm³/mol. The number of benzene rings is 1. The number of carbonyl (C=O) groups excluding carboxylic acids is 1. The standard InChI is InChI=1S/C16H12F2N4O4/c1-7(16(25)26)21-15(24)13-12(23)5-11(22-14(13)19-6-20-22)8-2-9(17)4-10(18)3-8/h2-7,23H,1H3,(H,21,24)(H,25,26)/t7-/m0/s1. The Morgan fingerprint density at radius 1 is 1.19 bits per heavy atom. The maximum atomic E-state index is 13.5. The van der Waals surface area contributed by atoms with Crippen molar-refractivity contribution in [1.82, 2.24) is 19.9 Å². The van der Waals surface area contributed by atoms with Crippen molar-refractivity contribution < 1.29 is 28.6 Å². The number of carboxylic acids is 1. The number of nitrogens with zero attached hydrogens (tertiary/aromatic N) is 3. The number of halogens is 2. The number of hydrogen-bond donors (Lipinski definition) is 3. The average molecular weight is 362 g/mol. The summed E-state index contributed by atoms with van der Waals surface area (Å²) in [4.78, 5) is 27.1.